The van der Waals surface area contributed by atoms with Gasteiger partial charge in [-0.25, -0.2) is 4.90 Å². The summed E-state index contributed by atoms with van der Waals surface area (Å²) in [5, 5.41) is 0.555. The lowest BCUT2D eigenvalue weighted by atomic mass is 10.0. The van der Waals surface area contributed by atoms with Gasteiger partial charge < -0.3 is 14.5 Å². The molecule has 6 nitrogen and oxygen atoms in total. The molecule has 0 saturated carbocycles. The number of likely N-dealkylation sites (N-methyl/N-ethyl adjacent to an activating group) is 1. The monoisotopic (exact) mass is 453 g/mol. The molecule has 2 aliphatic rings. The zero-order chi connectivity index (χ0) is 22.7. The standard InChI is InChI=1S/C25H28ClN3O3/c1-3-17-32-21-11-5-18(6-12-21)22-23(28-15-13-27(4-2)14-16-28)25(31)29(24(22)30)20-9-7-19(26)8-10-20/h5-12H,3-4,13-17H2,1-2H3. The Balaban J connectivity index is 1.71. The maximum atomic E-state index is 13.6. The van der Waals surface area contributed by atoms with Crippen LogP contribution < -0.4 is 9.64 Å². The Morgan fingerprint density at radius 2 is 1.53 bits per heavy atom. The van der Waals surface area contributed by atoms with Crippen molar-refractivity contribution in [2.75, 3.05) is 44.2 Å². The number of anilines is 1. The SMILES string of the molecule is CCCOc1ccc(C2=C(N3CCN(CC)CC3)C(=O)N(c3ccc(Cl)cc3)C2=O)cc1. The van der Waals surface area contributed by atoms with Gasteiger partial charge in [-0.3, -0.25) is 9.59 Å². The van der Waals surface area contributed by atoms with Crippen LogP contribution in [0.5, 0.6) is 5.75 Å². The van der Waals surface area contributed by atoms with Crippen LogP contribution >= 0.6 is 11.6 Å². The number of amides is 2. The molecule has 2 aliphatic heterocycles. The second kappa shape index (κ2) is 9.76. The van der Waals surface area contributed by atoms with Gasteiger partial charge in [0.05, 0.1) is 17.9 Å². The van der Waals surface area contributed by atoms with E-state index in [0.29, 0.717) is 41.7 Å². The maximum Gasteiger partial charge on any atom is 0.282 e. The van der Waals surface area contributed by atoms with E-state index < -0.39 is 0 Å². The molecule has 2 heterocycles. The molecule has 0 spiro atoms. The van der Waals surface area contributed by atoms with Gasteiger partial charge in [0.25, 0.3) is 11.8 Å². The lowest BCUT2D eigenvalue weighted by Gasteiger charge is -2.36. The Morgan fingerprint density at radius 3 is 2.12 bits per heavy atom. The van der Waals surface area contributed by atoms with Crippen LogP contribution in [0, 0.1) is 0 Å². The van der Waals surface area contributed by atoms with E-state index in [1.165, 1.54) is 4.90 Å². The van der Waals surface area contributed by atoms with Gasteiger partial charge >= 0.3 is 0 Å². The molecular formula is C25H28ClN3O3. The fourth-order valence-corrected chi connectivity index (χ4v) is 4.25. The van der Waals surface area contributed by atoms with Crippen LogP contribution in [0.1, 0.15) is 25.8 Å². The number of carbonyl (C=O) groups is 2. The van der Waals surface area contributed by atoms with E-state index in [4.69, 9.17) is 16.3 Å². The van der Waals surface area contributed by atoms with Gasteiger partial charge in [0.15, 0.2) is 0 Å². The molecule has 0 bridgehead atoms. The number of ether oxygens (including phenoxy) is 1. The van der Waals surface area contributed by atoms with E-state index in [-0.39, 0.29) is 11.8 Å². The van der Waals surface area contributed by atoms with Crippen molar-refractivity contribution in [2.24, 2.45) is 0 Å². The first kappa shape index (κ1) is 22.4. The van der Waals surface area contributed by atoms with E-state index in [1.54, 1.807) is 24.3 Å². The highest BCUT2D eigenvalue weighted by atomic mass is 35.5. The fraction of sp³-hybridized carbons (Fsp3) is 0.360. The summed E-state index contributed by atoms with van der Waals surface area (Å²) in [5.41, 5.74) is 2.16. The van der Waals surface area contributed by atoms with Gasteiger partial charge in [0.1, 0.15) is 11.4 Å². The Kier molecular flexibility index (Phi) is 6.82. The molecule has 7 heteroatoms. The topological polar surface area (TPSA) is 53.1 Å². The minimum atomic E-state index is -0.313. The summed E-state index contributed by atoms with van der Waals surface area (Å²) in [6.07, 6.45) is 0.920. The molecule has 2 aromatic carbocycles. The molecule has 4 rings (SSSR count). The van der Waals surface area contributed by atoms with Crippen molar-refractivity contribution < 1.29 is 14.3 Å². The quantitative estimate of drug-likeness (QED) is 0.592. The summed E-state index contributed by atoms with van der Waals surface area (Å²) in [7, 11) is 0. The molecule has 0 aliphatic carbocycles. The van der Waals surface area contributed by atoms with Crippen molar-refractivity contribution in [1.82, 2.24) is 9.80 Å². The molecule has 1 fully saturated rings. The molecule has 2 aromatic rings. The minimum Gasteiger partial charge on any atom is -0.494 e. The van der Waals surface area contributed by atoms with Crippen LogP contribution in [0.3, 0.4) is 0 Å². The summed E-state index contributed by atoms with van der Waals surface area (Å²) in [6, 6.07) is 14.2. The van der Waals surface area contributed by atoms with Crippen molar-refractivity contribution in [3.8, 4) is 5.75 Å². The normalized spacial score (nSPS) is 17.5. The second-order valence-electron chi connectivity index (χ2n) is 7.94. The smallest absolute Gasteiger partial charge is 0.282 e. The van der Waals surface area contributed by atoms with Crippen LogP contribution in [-0.4, -0.2) is 60.9 Å². The number of hydrogen-bond donors (Lipinski definition) is 0. The molecule has 2 amide bonds. The second-order valence-corrected chi connectivity index (χ2v) is 8.38. The van der Waals surface area contributed by atoms with Gasteiger partial charge in [-0.1, -0.05) is 37.6 Å². The third kappa shape index (κ3) is 4.38. The first-order valence-corrected chi connectivity index (χ1v) is 11.5. The van der Waals surface area contributed by atoms with E-state index in [0.717, 1.165) is 37.4 Å². The van der Waals surface area contributed by atoms with Crippen molar-refractivity contribution >= 4 is 34.7 Å². The Hall–Kier alpha value is -2.83. The number of hydrogen-bond acceptors (Lipinski definition) is 5. The highest BCUT2D eigenvalue weighted by Gasteiger charge is 2.43. The van der Waals surface area contributed by atoms with E-state index in [9.17, 15) is 9.59 Å². The average molecular weight is 454 g/mol. The van der Waals surface area contributed by atoms with Crippen LogP contribution in [0.2, 0.25) is 5.02 Å². The van der Waals surface area contributed by atoms with Crippen LogP contribution in [0.4, 0.5) is 5.69 Å². The van der Waals surface area contributed by atoms with Crippen LogP contribution in [0.15, 0.2) is 54.2 Å². The van der Waals surface area contributed by atoms with E-state index >= 15 is 0 Å². The van der Waals surface area contributed by atoms with Crippen LogP contribution in [-0.2, 0) is 9.59 Å². The summed E-state index contributed by atoms with van der Waals surface area (Å²) >= 11 is 6.02. The van der Waals surface area contributed by atoms with Gasteiger partial charge in [-0.15, -0.1) is 0 Å². The third-order valence-electron chi connectivity index (χ3n) is 5.90. The number of carbonyl (C=O) groups excluding carboxylic acids is 2. The van der Waals surface area contributed by atoms with E-state index in [1.807, 2.05) is 24.3 Å². The highest BCUT2D eigenvalue weighted by Crippen LogP contribution is 2.36. The first-order valence-electron chi connectivity index (χ1n) is 11.1. The molecule has 0 N–H and O–H groups in total. The van der Waals surface area contributed by atoms with Crippen molar-refractivity contribution in [2.45, 2.75) is 20.3 Å². The molecule has 32 heavy (non-hydrogen) atoms. The lowest BCUT2D eigenvalue weighted by molar-refractivity contribution is -0.120. The lowest BCUT2D eigenvalue weighted by Crippen LogP contribution is -2.47. The molecule has 0 unspecified atom stereocenters. The molecule has 0 radical (unpaired) electrons. The number of halogens is 1. The Bertz CT molecular complexity index is 1010. The zero-order valence-electron chi connectivity index (χ0n) is 18.5. The summed E-state index contributed by atoms with van der Waals surface area (Å²) in [4.78, 5) is 32.8. The van der Waals surface area contributed by atoms with Crippen molar-refractivity contribution in [1.29, 1.82) is 0 Å². The molecule has 1 saturated heterocycles. The average Bonchev–Trinajstić information content (AvgIpc) is 3.08. The number of imide groups is 1. The number of piperazine rings is 1. The maximum absolute atomic E-state index is 13.6. The van der Waals surface area contributed by atoms with Gasteiger partial charge in [0, 0.05) is 31.2 Å². The first-order chi connectivity index (χ1) is 15.5. The van der Waals surface area contributed by atoms with Gasteiger partial charge in [-0.05, 0) is 54.9 Å². The predicted octanol–water partition coefficient (Wildman–Crippen LogP) is 4.05. The number of rotatable bonds is 7. The van der Waals surface area contributed by atoms with Crippen LogP contribution in [0.25, 0.3) is 5.57 Å². The summed E-state index contributed by atoms with van der Waals surface area (Å²) in [6.45, 7) is 8.93. The summed E-state index contributed by atoms with van der Waals surface area (Å²) < 4.78 is 5.68. The molecule has 0 aromatic heterocycles. The summed E-state index contributed by atoms with van der Waals surface area (Å²) in [5.74, 6) is 0.150. The molecule has 168 valence electrons. The predicted molar refractivity (Wildman–Crippen MR) is 127 cm³/mol. The van der Waals surface area contributed by atoms with Gasteiger partial charge in [0.2, 0.25) is 0 Å². The molecular weight excluding hydrogens is 426 g/mol. The number of benzene rings is 2. The Labute approximate surface area is 194 Å². The van der Waals surface area contributed by atoms with E-state index in [2.05, 4.69) is 23.6 Å². The third-order valence-corrected chi connectivity index (χ3v) is 6.15. The minimum absolute atomic E-state index is 0.288. The van der Waals surface area contributed by atoms with Gasteiger partial charge in [-0.2, -0.15) is 0 Å². The Morgan fingerprint density at radius 1 is 0.875 bits per heavy atom. The molecule has 0 atom stereocenters. The highest BCUT2D eigenvalue weighted by molar-refractivity contribution is 6.45. The largest absolute Gasteiger partial charge is 0.494 e. The van der Waals surface area contributed by atoms with Crippen molar-refractivity contribution in [3.63, 3.8) is 0 Å². The van der Waals surface area contributed by atoms with Crippen molar-refractivity contribution in [3.05, 3.63) is 64.8 Å². The zero-order valence-corrected chi connectivity index (χ0v) is 19.3. The number of nitrogens with zero attached hydrogens (tertiary/aromatic N) is 3. The fourth-order valence-electron chi connectivity index (χ4n) is 4.12.